The van der Waals surface area contributed by atoms with E-state index in [-0.39, 0.29) is 23.5 Å². The van der Waals surface area contributed by atoms with Crippen molar-refractivity contribution >= 4 is 22.8 Å². The van der Waals surface area contributed by atoms with Gasteiger partial charge in [0.1, 0.15) is 11.3 Å². The highest BCUT2D eigenvalue weighted by molar-refractivity contribution is 5.96. The van der Waals surface area contributed by atoms with Crippen LogP contribution in [-0.4, -0.2) is 75.7 Å². The molecule has 0 aliphatic carbocycles. The number of hydrogen-bond acceptors (Lipinski definition) is 7. The zero-order valence-electron chi connectivity index (χ0n) is 22.2. The van der Waals surface area contributed by atoms with Crippen LogP contribution in [0.3, 0.4) is 0 Å². The molecule has 9 nitrogen and oxygen atoms in total. The van der Waals surface area contributed by atoms with Crippen LogP contribution in [0.2, 0.25) is 0 Å². The minimum atomic E-state index is -0.246. The van der Waals surface area contributed by atoms with E-state index in [4.69, 9.17) is 18.6 Å². The summed E-state index contributed by atoms with van der Waals surface area (Å²) < 4.78 is 21.8. The van der Waals surface area contributed by atoms with Gasteiger partial charge in [-0.25, -0.2) is 0 Å². The van der Waals surface area contributed by atoms with E-state index in [1.165, 1.54) is 5.56 Å². The van der Waals surface area contributed by atoms with Crippen LogP contribution < -0.4 is 19.5 Å². The summed E-state index contributed by atoms with van der Waals surface area (Å²) >= 11 is 0. The van der Waals surface area contributed by atoms with Gasteiger partial charge in [0.2, 0.25) is 5.91 Å². The number of nitrogens with zero attached hydrogens (tertiary/aromatic N) is 2. The van der Waals surface area contributed by atoms with Crippen molar-refractivity contribution in [1.29, 1.82) is 0 Å². The molecule has 1 fully saturated rings. The molecule has 0 spiro atoms. The van der Waals surface area contributed by atoms with Gasteiger partial charge in [0.05, 0.1) is 27.2 Å². The maximum Gasteiger partial charge on any atom is 0.287 e. The van der Waals surface area contributed by atoms with Gasteiger partial charge in [0.15, 0.2) is 17.3 Å². The summed E-state index contributed by atoms with van der Waals surface area (Å²) in [6.45, 7) is 4.09. The van der Waals surface area contributed by atoms with E-state index < -0.39 is 0 Å². The predicted octanol–water partition coefficient (Wildman–Crippen LogP) is 3.49. The number of methoxy groups -OCH3 is 3. The molecule has 0 saturated carbocycles. The highest BCUT2D eigenvalue weighted by atomic mass is 16.5. The molecule has 202 valence electrons. The third kappa shape index (κ3) is 5.43. The second kappa shape index (κ2) is 11.3. The number of carbonyl (C=O) groups is 2. The number of piperidine rings is 1. The second-order valence-corrected chi connectivity index (χ2v) is 9.90. The summed E-state index contributed by atoms with van der Waals surface area (Å²) in [5.74, 6) is 2.33. The van der Waals surface area contributed by atoms with Crippen molar-refractivity contribution < 1.29 is 28.2 Å². The molecule has 2 aromatic carbocycles. The van der Waals surface area contributed by atoms with Crippen LogP contribution >= 0.6 is 0 Å². The molecule has 1 N–H and O–H groups in total. The van der Waals surface area contributed by atoms with E-state index in [0.29, 0.717) is 49.8 Å². The van der Waals surface area contributed by atoms with Crippen molar-refractivity contribution in [2.45, 2.75) is 25.8 Å². The Morgan fingerprint density at radius 2 is 1.79 bits per heavy atom. The first-order valence-corrected chi connectivity index (χ1v) is 13.1. The van der Waals surface area contributed by atoms with Crippen molar-refractivity contribution in [3.63, 3.8) is 0 Å². The Kier molecular flexibility index (Phi) is 7.74. The van der Waals surface area contributed by atoms with Crippen molar-refractivity contribution in [2.75, 3.05) is 54.1 Å². The average Bonchev–Trinajstić information content (AvgIpc) is 3.39. The van der Waals surface area contributed by atoms with Gasteiger partial charge >= 0.3 is 0 Å². The molecular weight excluding hydrogens is 486 g/mol. The summed E-state index contributed by atoms with van der Waals surface area (Å²) in [5, 5.41) is 3.78. The summed E-state index contributed by atoms with van der Waals surface area (Å²) in [4.78, 5) is 30.3. The normalized spacial score (nSPS) is 17.7. The number of hydrogen-bond donors (Lipinski definition) is 1. The first-order chi connectivity index (χ1) is 18.5. The maximum absolute atomic E-state index is 13.4. The van der Waals surface area contributed by atoms with Crippen molar-refractivity contribution in [2.24, 2.45) is 5.92 Å². The van der Waals surface area contributed by atoms with Crippen molar-refractivity contribution in [3.8, 4) is 17.2 Å². The molecular formula is C29H35N3O6. The summed E-state index contributed by atoms with van der Waals surface area (Å²) in [7, 11) is 4.87. The zero-order valence-corrected chi connectivity index (χ0v) is 22.2. The lowest BCUT2D eigenvalue weighted by Crippen LogP contribution is -2.47. The molecule has 2 amide bonds. The van der Waals surface area contributed by atoms with Gasteiger partial charge in [0, 0.05) is 38.1 Å². The number of nitrogens with one attached hydrogen (secondary N) is 1. The van der Waals surface area contributed by atoms with E-state index in [0.717, 1.165) is 42.5 Å². The minimum absolute atomic E-state index is 0.0356. The molecule has 1 aromatic heterocycles. The van der Waals surface area contributed by atoms with E-state index in [9.17, 15) is 9.59 Å². The van der Waals surface area contributed by atoms with Crippen LogP contribution in [0.5, 0.6) is 17.2 Å². The standard InChI is InChI=1S/C29H35N3O6/c1-35-23-6-7-24-21(13-23)15-27(38-24)28(33)30-9-12-31-10-4-5-20(17-31)29(34)32-11-8-19-14-25(36-2)26(37-3)16-22(19)18-32/h6-7,13-16,20H,4-5,8-12,17-18H2,1-3H3,(H,30,33). The molecule has 1 saturated heterocycles. The molecule has 1 unspecified atom stereocenters. The number of likely N-dealkylation sites (tertiary alicyclic amines) is 1. The molecule has 3 aromatic rings. The Bertz CT molecular complexity index is 1320. The van der Waals surface area contributed by atoms with Crippen LogP contribution in [0.25, 0.3) is 11.0 Å². The van der Waals surface area contributed by atoms with E-state index in [1.54, 1.807) is 39.5 Å². The number of furan rings is 1. The summed E-state index contributed by atoms with van der Waals surface area (Å²) in [6.07, 6.45) is 2.66. The van der Waals surface area contributed by atoms with E-state index in [1.807, 2.05) is 23.1 Å². The number of ether oxygens (including phenoxy) is 3. The number of fused-ring (bicyclic) bond motifs is 2. The van der Waals surface area contributed by atoms with Gasteiger partial charge in [-0.15, -0.1) is 0 Å². The van der Waals surface area contributed by atoms with Crippen LogP contribution in [0.4, 0.5) is 0 Å². The minimum Gasteiger partial charge on any atom is -0.497 e. The van der Waals surface area contributed by atoms with Crippen LogP contribution in [0.1, 0.15) is 34.5 Å². The average molecular weight is 522 g/mol. The molecule has 0 bridgehead atoms. The summed E-state index contributed by atoms with van der Waals surface area (Å²) in [5.41, 5.74) is 2.96. The van der Waals surface area contributed by atoms with Gasteiger partial charge in [-0.1, -0.05) is 0 Å². The Hall–Kier alpha value is -3.72. The lowest BCUT2D eigenvalue weighted by atomic mass is 9.93. The first-order valence-electron chi connectivity index (χ1n) is 13.1. The second-order valence-electron chi connectivity index (χ2n) is 9.90. The maximum atomic E-state index is 13.4. The third-order valence-electron chi connectivity index (χ3n) is 7.55. The number of carbonyl (C=O) groups excluding carboxylic acids is 2. The fourth-order valence-corrected chi connectivity index (χ4v) is 5.46. The van der Waals surface area contributed by atoms with Gasteiger partial charge in [-0.3, -0.25) is 9.59 Å². The smallest absolute Gasteiger partial charge is 0.287 e. The number of benzene rings is 2. The van der Waals surface area contributed by atoms with E-state index in [2.05, 4.69) is 10.2 Å². The van der Waals surface area contributed by atoms with Crippen LogP contribution in [-0.2, 0) is 17.8 Å². The zero-order chi connectivity index (χ0) is 26.6. The Balaban J connectivity index is 1.13. The van der Waals surface area contributed by atoms with Gasteiger partial charge in [0.25, 0.3) is 5.91 Å². The third-order valence-corrected chi connectivity index (χ3v) is 7.55. The quantitative estimate of drug-likeness (QED) is 0.485. The number of rotatable bonds is 8. The van der Waals surface area contributed by atoms with Gasteiger partial charge in [-0.05, 0) is 73.3 Å². The van der Waals surface area contributed by atoms with E-state index >= 15 is 0 Å². The highest BCUT2D eigenvalue weighted by Gasteiger charge is 2.31. The van der Waals surface area contributed by atoms with Gasteiger partial charge < -0.3 is 33.7 Å². The van der Waals surface area contributed by atoms with Crippen LogP contribution in [0.15, 0.2) is 40.8 Å². The SMILES string of the molecule is COc1ccc2oc(C(=O)NCCN3CCCC(C(=O)N4CCc5cc(OC)c(OC)cc5C4)C3)cc2c1. The largest absolute Gasteiger partial charge is 0.497 e. The Labute approximate surface area is 222 Å². The lowest BCUT2D eigenvalue weighted by Gasteiger charge is -2.37. The molecule has 2 aliphatic heterocycles. The lowest BCUT2D eigenvalue weighted by molar-refractivity contribution is -0.138. The monoisotopic (exact) mass is 521 g/mol. The molecule has 9 heteroatoms. The first kappa shape index (κ1) is 25.9. The summed E-state index contributed by atoms with van der Waals surface area (Å²) in [6, 6.07) is 11.2. The fraction of sp³-hybridized carbons (Fsp3) is 0.448. The Morgan fingerprint density at radius 1 is 1.00 bits per heavy atom. The topological polar surface area (TPSA) is 93.5 Å². The molecule has 38 heavy (non-hydrogen) atoms. The van der Waals surface area contributed by atoms with Crippen molar-refractivity contribution in [1.82, 2.24) is 15.1 Å². The number of amides is 2. The fourth-order valence-electron chi connectivity index (χ4n) is 5.46. The molecule has 0 radical (unpaired) electrons. The predicted molar refractivity (Wildman–Crippen MR) is 143 cm³/mol. The molecule has 1 atom stereocenters. The molecule has 3 heterocycles. The highest BCUT2D eigenvalue weighted by Crippen LogP contribution is 2.34. The van der Waals surface area contributed by atoms with Crippen LogP contribution in [0, 0.1) is 5.92 Å². The molecule has 5 rings (SSSR count). The van der Waals surface area contributed by atoms with Crippen molar-refractivity contribution in [3.05, 3.63) is 53.3 Å². The molecule has 2 aliphatic rings. The Morgan fingerprint density at radius 3 is 2.55 bits per heavy atom. The van der Waals surface area contributed by atoms with Gasteiger partial charge in [-0.2, -0.15) is 0 Å².